The topological polar surface area (TPSA) is 69.9 Å². The van der Waals surface area contributed by atoms with Gasteiger partial charge in [-0.05, 0) is 80.3 Å². The summed E-state index contributed by atoms with van der Waals surface area (Å²) in [5.41, 5.74) is 2.75. The molecule has 6 nitrogen and oxygen atoms in total. The highest BCUT2D eigenvalue weighted by Crippen LogP contribution is 2.34. The summed E-state index contributed by atoms with van der Waals surface area (Å²) in [6.07, 6.45) is 2.31. The summed E-state index contributed by atoms with van der Waals surface area (Å²) in [7, 11) is 1.33. The number of carbonyl (C=O) groups excluding carboxylic acids is 1. The van der Waals surface area contributed by atoms with Crippen LogP contribution in [0.25, 0.3) is 6.08 Å². The van der Waals surface area contributed by atoms with Crippen LogP contribution in [0.2, 0.25) is 0 Å². The molecule has 0 saturated carbocycles. The minimum absolute atomic E-state index is 0.0843. The molecular formula is C30H23BrFIN2O4S. The molecule has 0 amide bonds. The van der Waals surface area contributed by atoms with Crippen LogP contribution in [0.15, 0.2) is 92.3 Å². The van der Waals surface area contributed by atoms with Crippen molar-refractivity contribution in [3.8, 4) is 5.75 Å². The van der Waals surface area contributed by atoms with Crippen molar-refractivity contribution in [1.29, 1.82) is 0 Å². The molecule has 0 N–H and O–H groups in total. The fraction of sp³-hybridized carbons (Fsp3) is 0.167. The second-order valence-corrected chi connectivity index (χ2v) is 11.9. The van der Waals surface area contributed by atoms with Crippen LogP contribution in [0.5, 0.6) is 5.75 Å². The Labute approximate surface area is 255 Å². The predicted molar refractivity (Wildman–Crippen MR) is 164 cm³/mol. The van der Waals surface area contributed by atoms with E-state index in [1.165, 1.54) is 24.5 Å². The van der Waals surface area contributed by atoms with Crippen molar-refractivity contribution >= 4 is 61.9 Å². The van der Waals surface area contributed by atoms with Crippen molar-refractivity contribution in [2.75, 3.05) is 7.11 Å². The van der Waals surface area contributed by atoms with Gasteiger partial charge in [0.2, 0.25) is 0 Å². The number of methoxy groups -OCH3 is 1. The molecule has 1 aliphatic rings. The molecule has 1 aromatic heterocycles. The first-order chi connectivity index (χ1) is 19.3. The van der Waals surface area contributed by atoms with Gasteiger partial charge in [-0.2, -0.15) is 0 Å². The lowest BCUT2D eigenvalue weighted by atomic mass is 9.95. The first-order valence-electron chi connectivity index (χ1n) is 12.4. The molecule has 10 heteroatoms. The Balaban J connectivity index is 1.57. The number of carbonyl (C=O) groups is 1. The van der Waals surface area contributed by atoms with E-state index in [4.69, 9.17) is 14.5 Å². The molecule has 0 unspecified atom stereocenters. The molecule has 0 spiro atoms. The number of thiazole rings is 1. The Morgan fingerprint density at radius 1 is 1.18 bits per heavy atom. The van der Waals surface area contributed by atoms with Crippen LogP contribution in [0.4, 0.5) is 4.39 Å². The van der Waals surface area contributed by atoms with Crippen LogP contribution in [-0.2, 0) is 16.1 Å². The van der Waals surface area contributed by atoms with Gasteiger partial charge in [0.15, 0.2) is 4.80 Å². The van der Waals surface area contributed by atoms with E-state index in [2.05, 4.69) is 38.5 Å². The van der Waals surface area contributed by atoms with Crippen LogP contribution in [0.1, 0.15) is 36.1 Å². The number of allylic oxidation sites excluding steroid dienone is 1. The van der Waals surface area contributed by atoms with Gasteiger partial charge < -0.3 is 9.47 Å². The van der Waals surface area contributed by atoms with Gasteiger partial charge >= 0.3 is 5.97 Å². The van der Waals surface area contributed by atoms with Crippen molar-refractivity contribution < 1.29 is 18.7 Å². The lowest BCUT2D eigenvalue weighted by Gasteiger charge is -2.25. The zero-order valence-corrected chi connectivity index (χ0v) is 26.0. The number of nitrogens with zero attached hydrogens (tertiary/aromatic N) is 2. The number of ether oxygens (including phenoxy) is 2. The largest absolute Gasteiger partial charge is 0.486 e. The van der Waals surface area contributed by atoms with Crippen molar-refractivity contribution in [3.05, 3.63) is 128 Å². The summed E-state index contributed by atoms with van der Waals surface area (Å²) in [5.74, 6) is -0.244. The summed E-state index contributed by atoms with van der Waals surface area (Å²) in [5, 5.41) is 0. The van der Waals surface area contributed by atoms with Crippen molar-refractivity contribution in [3.63, 3.8) is 0 Å². The molecule has 1 aliphatic heterocycles. The molecule has 0 saturated heterocycles. The van der Waals surface area contributed by atoms with Gasteiger partial charge in [0.1, 0.15) is 18.2 Å². The summed E-state index contributed by atoms with van der Waals surface area (Å²) in [4.78, 5) is 31.9. The third kappa shape index (κ3) is 5.57. The molecule has 2 heterocycles. The number of hydrogen-bond donors (Lipinski definition) is 0. The Kier molecular flexibility index (Phi) is 8.67. The Morgan fingerprint density at radius 2 is 1.90 bits per heavy atom. The number of benzene rings is 3. The zero-order chi connectivity index (χ0) is 28.4. The van der Waals surface area contributed by atoms with E-state index in [0.717, 1.165) is 14.7 Å². The van der Waals surface area contributed by atoms with E-state index in [9.17, 15) is 14.0 Å². The molecule has 0 radical (unpaired) electrons. The smallest absolute Gasteiger partial charge is 0.338 e. The Morgan fingerprint density at radius 3 is 2.58 bits per heavy atom. The fourth-order valence-corrected chi connectivity index (χ4v) is 7.32. The predicted octanol–water partition coefficient (Wildman–Crippen LogP) is 5.88. The summed E-state index contributed by atoms with van der Waals surface area (Å²) in [6.45, 7) is 2.01. The molecule has 0 aliphatic carbocycles. The highest BCUT2D eigenvalue weighted by Gasteiger charge is 2.33. The second-order valence-electron chi connectivity index (χ2n) is 8.89. The highest BCUT2D eigenvalue weighted by atomic mass is 127. The number of hydrogen-bond acceptors (Lipinski definition) is 6. The van der Waals surface area contributed by atoms with Gasteiger partial charge in [-0.15, -0.1) is 0 Å². The molecule has 0 bridgehead atoms. The first kappa shape index (κ1) is 28.4. The normalized spacial score (nSPS) is 15.0. The van der Waals surface area contributed by atoms with Gasteiger partial charge in [-0.1, -0.05) is 66.8 Å². The van der Waals surface area contributed by atoms with E-state index in [0.29, 0.717) is 42.8 Å². The average Bonchev–Trinajstić information content (AvgIpc) is 3.26. The maximum absolute atomic E-state index is 14.0. The van der Waals surface area contributed by atoms with Crippen molar-refractivity contribution in [1.82, 2.24) is 4.57 Å². The minimum atomic E-state index is -0.650. The number of aromatic nitrogens is 1. The van der Waals surface area contributed by atoms with Gasteiger partial charge in [0, 0.05) is 5.56 Å². The monoisotopic (exact) mass is 732 g/mol. The summed E-state index contributed by atoms with van der Waals surface area (Å²) < 4.78 is 28.6. The van der Waals surface area contributed by atoms with E-state index in [1.54, 1.807) is 28.8 Å². The van der Waals surface area contributed by atoms with Gasteiger partial charge in [0.05, 0.1) is 37.0 Å². The van der Waals surface area contributed by atoms with Crippen LogP contribution >= 0.6 is 49.9 Å². The van der Waals surface area contributed by atoms with Crippen molar-refractivity contribution in [2.24, 2.45) is 4.99 Å². The van der Waals surface area contributed by atoms with Crippen LogP contribution < -0.4 is 19.6 Å². The minimum Gasteiger partial charge on any atom is -0.486 e. The molecule has 1 atom stereocenters. The molecular weight excluding hydrogens is 710 g/mol. The average molecular weight is 733 g/mol. The van der Waals surface area contributed by atoms with Gasteiger partial charge in [-0.25, -0.2) is 14.2 Å². The molecule has 204 valence electrons. The Bertz CT molecular complexity index is 1790. The van der Waals surface area contributed by atoms with Crippen molar-refractivity contribution in [2.45, 2.75) is 26.0 Å². The third-order valence-electron chi connectivity index (χ3n) is 6.41. The van der Waals surface area contributed by atoms with E-state index >= 15 is 0 Å². The standard InChI is InChI=1S/C30H23BrFIN2O4S/c1-3-23-25(29(37)38-2)26(18-9-5-4-6-10-18)35-28(36)24(40-30(35)34-23)15-17-13-20(31)27(22(33)14-17)39-16-19-11-7-8-12-21(19)32/h4-15,26H,3,16H2,1-2H3/b24-15-/t26-/m1/s1. The van der Waals surface area contributed by atoms with Crippen LogP contribution in [-0.4, -0.2) is 17.6 Å². The van der Waals surface area contributed by atoms with Gasteiger partial charge in [0.25, 0.3) is 5.56 Å². The summed E-state index contributed by atoms with van der Waals surface area (Å²) >= 11 is 7.00. The maximum atomic E-state index is 14.0. The van der Waals surface area contributed by atoms with E-state index in [-0.39, 0.29) is 18.0 Å². The van der Waals surface area contributed by atoms with E-state index < -0.39 is 12.0 Å². The lowest BCUT2D eigenvalue weighted by molar-refractivity contribution is -0.136. The van der Waals surface area contributed by atoms with Crippen LogP contribution in [0.3, 0.4) is 0 Å². The van der Waals surface area contributed by atoms with E-state index in [1.807, 2.05) is 49.4 Å². The molecule has 5 rings (SSSR count). The summed E-state index contributed by atoms with van der Waals surface area (Å²) in [6, 6.07) is 19.0. The second kappa shape index (κ2) is 12.2. The third-order valence-corrected chi connectivity index (χ3v) is 8.79. The first-order valence-corrected chi connectivity index (χ1v) is 15.0. The quantitative estimate of drug-likeness (QED) is 0.176. The van der Waals surface area contributed by atoms with Crippen LogP contribution in [0, 0.1) is 9.39 Å². The number of fused-ring (bicyclic) bond motifs is 1. The number of esters is 1. The molecule has 4 aromatic rings. The number of rotatable bonds is 7. The SMILES string of the molecule is CCC1=C(C(=O)OC)[C@@H](c2ccccc2)n2c(s/c(=C\c3cc(Br)c(OCc4ccccc4F)c(I)c3)c2=O)=N1. The lowest BCUT2D eigenvalue weighted by Crippen LogP contribution is -2.40. The van der Waals surface area contributed by atoms with Gasteiger partial charge in [-0.3, -0.25) is 9.36 Å². The maximum Gasteiger partial charge on any atom is 0.338 e. The molecule has 40 heavy (non-hydrogen) atoms. The zero-order valence-electron chi connectivity index (χ0n) is 21.5. The molecule has 3 aromatic carbocycles. The fourth-order valence-electron chi connectivity index (χ4n) is 4.53. The Hall–Kier alpha value is -3.09. The number of halogens is 3. The molecule has 0 fully saturated rings. The highest BCUT2D eigenvalue weighted by molar-refractivity contribution is 14.1.